The van der Waals surface area contributed by atoms with Gasteiger partial charge in [0.1, 0.15) is 5.69 Å². The van der Waals surface area contributed by atoms with Crippen LogP contribution < -0.4 is 5.73 Å². The van der Waals surface area contributed by atoms with Gasteiger partial charge in [-0.25, -0.2) is 9.78 Å². The van der Waals surface area contributed by atoms with Crippen molar-refractivity contribution in [3.05, 3.63) is 58.9 Å². The number of aryl methyl sites for hydroxylation is 1. The lowest BCUT2D eigenvalue weighted by Gasteiger charge is -2.01. The quantitative estimate of drug-likeness (QED) is 0.488. The van der Waals surface area contributed by atoms with Crippen LogP contribution in [-0.2, 0) is 4.74 Å². The average molecular weight is 266 g/mol. The number of methoxy groups -OCH3 is 1. The molecule has 0 bridgehead atoms. The molecule has 0 aliphatic heterocycles. The monoisotopic (exact) mass is 266 g/mol. The molecule has 1 heterocycles. The first-order valence-corrected chi connectivity index (χ1v) is 6.03. The van der Waals surface area contributed by atoms with E-state index in [2.05, 4.69) is 21.6 Å². The van der Waals surface area contributed by atoms with Crippen LogP contribution in [0.3, 0.4) is 0 Å². The second kappa shape index (κ2) is 5.89. The number of esters is 1. The predicted octanol–water partition coefficient (Wildman–Crippen LogP) is 2.16. The summed E-state index contributed by atoms with van der Waals surface area (Å²) in [4.78, 5) is 15.4. The maximum atomic E-state index is 11.4. The van der Waals surface area contributed by atoms with Crippen LogP contribution in [-0.4, -0.2) is 18.1 Å². The highest BCUT2D eigenvalue weighted by Crippen LogP contribution is 2.11. The Morgan fingerprint density at radius 2 is 1.95 bits per heavy atom. The van der Waals surface area contributed by atoms with Gasteiger partial charge in [-0.3, -0.25) is 0 Å². The fourth-order valence-electron chi connectivity index (χ4n) is 1.65. The Morgan fingerprint density at radius 1 is 1.25 bits per heavy atom. The molecule has 0 radical (unpaired) electrons. The number of anilines is 1. The van der Waals surface area contributed by atoms with Crippen molar-refractivity contribution in [2.75, 3.05) is 12.8 Å². The molecule has 2 rings (SSSR count). The molecule has 4 nitrogen and oxygen atoms in total. The molecule has 0 amide bonds. The molecule has 0 aliphatic rings. The van der Waals surface area contributed by atoms with Gasteiger partial charge in [0.05, 0.1) is 7.11 Å². The van der Waals surface area contributed by atoms with Crippen LogP contribution in [0.2, 0.25) is 0 Å². The summed E-state index contributed by atoms with van der Waals surface area (Å²) in [5.74, 6) is 5.55. The minimum absolute atomic E-state index is 0.273. The number of carbonyl (C=O) groups is 1. The van der Waals surface area contributed by atoms with Crippen molar-refractivity contribution in [1.82, 2.24) is 4.98 Å². The van der Waals surface area contributed by atoms with Gasteiger partial charge in [0.25, 0.3) is 0 Å². The number of nitrogens with zero attached hydrogens (tertiary/aromatic N) is 1. The van der Waals surface area contributed by atoms with Crippen molar-refractivity contribution >= 4 is 11.7 Å². The number of benzene rings is 1. The molecular formula is C16H14N2O2. The third-order valence-corrected chi connectivity index (χ3v) is 2.80. The number of aromatic nitrogens is 1. The normalized spacial score (nSPS) is 9.50. The van der Waals surface area contributed by atoms with E-state index in [-0.39, 0.29) is 5.69 Å². The van der Waals surface area contributed by atoms with Gasteiger partial charge in [0.2, 0.25) is 0 Å². The maximum Gasteiger partial charge on any atom is 0.356 e. The largest absolute Gasteiger partial charge is 0.464 e. The van der Waals surface area contributed by atoms with Crippen LogP contribution in [0, 0.1) is 18.8 Å². The van der Waals surface area contributed by atoms with Gasteiger partial charge in [-0.15, -0.1) is 0 Å². The highest BCUT2D eigenvalue weighted by Gasteiger charge is 2.08. The Labute approximate surface area is 117 Å². The number of para-hydroxylation sites is 1. The third kappa shape index (κ3) is 2.96. The average Bonchev–Trinajstić information content (AvgIpc) is 2.46. The summed E-state index contributed by atoms with van der Waals surface area (Å²) in [6, 6.07) is 9.05. The summed E-state index contributed by atoms with van der Waals surface area (Å²) < 4.78 is 4.62. The number of rotatable bonds is 1. The Morgan fingerprint density at radius 3 is 2.60 bits per heavy atom. The van der Waals surface area contributed by atoms with E-state index in [1.807, 2.05) is 25.1 Å². The number of nitrogens with two attached hydrogens (primary N) is 1. The summed E-state index contributed by atoms with van der Waals surface area (Å²) in [6.45, 7) is 1.87. The minimum atomic E-state index is -0.458. The van der Waals surface area contributed by atoms with E-state index >= 15 is 0 Å². The van der Waals surface area contributed by atoms with Crippen molar-refractivity contribution in [2.45, 2.75) is 6.92 Å². The summed E-state index contributed by atoms with van der Waals surface area (Å²) in [6.07, 6.45) is 1.56. The lowest BCUT2D eigenvalue weighted by molar-refractivity contribution is 0.0594. The van der Waals surface area contributed by atoms with E-state index in [0.717, 1.165) is 16.7 Å². The maximum absolute atomic E-state index is 11.4. The first kappa shape index (κ1) is 13.6. The molecule has 0 fully saturated rings. The van der Waals surface area contributed by atoms with Crippen LogP contribution in [0.4, 0.5) is 5.69 Å². The number of pyridine rings is 1. The third-order valence-electron chi connectivity index (χ3n) is 2.80. The fraction of sp³-hybridized carbons (Fsp3) is 0.125. The van der Waals surface area contributed by atoms with E-state index in [9.17, 15) is 4.79 Å². The zero-order valence-corrected chi connectivity index (χ0v) is 11.3. The first-order valence-electron chi connectivity index (χ1n) is 6.03. The second-order valence-corrected chi connectivity index (χ2v) is 4.21. The number of nitrogen functional groups attached to an aromatic ring is 1. The van der Waals surface area contributed by atoms with Crippen LogP contribution in [0.5, 0.6) is 0 Å². The fourth-order valence-corrected chi connectivity index (χ4v) is 1.65. The van der Waals surface area contributed by atoms with Crippen molar-refractivity contribution in [3.63, 3.8) is 0 Å². The molecule has 0 saturated carbocycles. The molecule has 0 saturated heterocycles. The molecule has 2 N–H and O–H groups in total. The van der Waals surface area contributed by atoms with E-state index in [1.54, 1.807) is 18.3 Å². The molecule has 1 aromatic heterocycles. The number of ether oxygens (including phenoxy) is 1. The SMILES string of the molecule is COC(=O)c1cc(C)c(C#Cc2ccccc2N)cn1. The first-order chi connectivity index (χ1) is 9.61. The Hall–Kier alpha value is -2.80. The van der Waals surface area contributed by atoms with Gasteiger partial charge < -0.3 is 10.5 Å². The second-order valence-electron chi connectivity index (χ2n) is 4.21. The molecule has 0 atom stereocenters. The molecule has 100 valence electrons. The summed E-state index contributed by atoms with van der Waals surface area (Å²) in [5.41, 5.74) is 9.12. The van der Waals surface area contributed by atoms with Crippen LogP contribution >= 0.6 is 0 Å². The van der Waals surface area contributed by atoms with Crippen molar-refractivity contribution in [2.24, 2.45) is 0 Å². The van der Waals surface area contributed by atoms with Crippen molar-refractivity contribution in [3.8, 4) is 11.8 Å². The Balaban J connectivity index is 2.32. The summed E-state index contributed by atoms with van der Waals surface area (Å²) >= 11 is 0. The molecule has 0 spiro atoms. The van der Waals surface area contributed by atoms with Crippen LogP contribution in [0.1, 0.15) is 27.2 Å². The molecular weight excluding hydrogens is 252 g/mol. The molecule has 2 aromatic rings. The van der Waals surface area contributed by atoms with Gasteiger partial charge in [0.15, 0.2) is 0 Å². The van der Waals surface area contributed by atoms with E-state index in [4.69, 9.17) is 5.73 Å². The molecule has 0 aliphatic carbocycles. The van der Waals surface area contributed by atoms with Gasteiger partial charge >= 0.3 is 5.97 Å². The molecule has 1 aromatic carbocycles. The van der Waals surface area contributed by atoms with Gasteiger partial charge in [-0.05, 0) is 30.7 Å². The van der Waals surface area contributed by atoms with Gasteiger partial charge in [0, 0.05) is 23.0 Å². The molecule has 4 heteroatoms. The topological polar surface area (TPSA) is 65.2 Å². The van der Waals surface area contributed by atoms with E-state index in [1.165, 1.54) is 7.11 Å². The zero-order chi connectivity index (χ0) is 14.5. The predicted molar refractivity (Wildman–Crippen MR) is 77.1 cm³/mol. The van der Waals surface area contributed by atoms with E-state index < -0.39 is 5.97 Å². The number of hydrogen-bond acceptors (Lipinski definition) is 4. The highest BCUT2D eigenvalue weighted by molar-refractivity contribution is 5.87. The highest BCUT2D eigenvalue weighted by atomic mass is 16.5. The van der Waals surface area contributed by atoms with E-state index in [0.29, 0.717) is 5.69 Å². The van der Waals surface area contributed by atoms with Crippen LogP contribution in [0.25, 0.3) is 0 Å². The van der Waals surface area contributed by atoms with Gasteiger partial charge in [-0.1, -0.05) is 24.0 Å². The molecule has 20 heavy (non-hydrogen) atoms. The standard InChI is InChI=1S/C16H14N2O2/c1-11-9-15(16(19)20-2)18-10-13(11)8-7-12-5-3-4-6-14(12)17/h3-6,9-10H,17H2,1-2H3. The van der Waals surface area contributed by atoms with Crippen LogP contribution in [0.15, 0.2) is 36.5 Å². The van der Waals surface area contributed by atoms with Crippen molar-refractivity contribution in [1.29, 1.82) is 0 Å². The van der Waals surface area contributed by atoms with Crippen molar-refractivity contribution < 1.29 is 9.53 Å². The Bertz CT molecular complexity index is 712. The van der Waals surface area contributed by atoms with Gasteiger partial charge in [-0.2, -0.15) is 0 Å². The number of carbonyl (C=O) groups excluding carboxylic acids is 1. The lowest BCUT2D eigenvalue weighted by Crippen LogP contribution is -2.05. The minimum Gasteiger partial charge on any atom is -0.464 e. The summed E-state index contributed by atoms with van der Waals surface area (Å²) in [5, 5.41) is 0. The lowest BCUT2D eigenvalue weighted by atomic mass is 10.1. The number of hydrogen-bond donors (Lipinski definition) is 1. The Kier molecular flexibility index (Phi) is 4.02. The zero-order valence-electron chi connectivity index (χ0n) is 11.3. The molecule has 0 unspecified atom stereocenters. The summed E-state index contributed by atoms with van der Waals surface area (Å²) in [7, 11) is 1.32. The smallest absolute Gasteiger partial charge is 0.356 e.